The monoisotopic (exact) mass is 414 g/mol. The molecule has 2 rings (SSSR count). The molecule has 7 nitrogen and oxygen atoms in total. The fourth-order valence-electron chi connectivity index (χ4n) is 3.36. The molecule has 0 aliphatic carbocycles. The van der Waals surface area contributed by atoms with Crippen LogP contribution in [-0.2, 0) is 11.8 Å². The maximum atomic E-state index is 13.3. The van der Waals surface area contributed by atoms with Gasteiger partial charge in [0.1, 0.15) is 0 Å². The maximum absolute atomic E-state index is 13.3. The first-order chi connectivity index (χ1) is 14.2. The van der Waals surface area contributed by atoms with Crippen molar-refractivity contribution in [1.82, 2.24) is 14.9 Å². The third-order valence-corrected chi connectivity index (χ3v) is 5.19. The summed E-state index contributed by atoms with van der Waals surface area (Å²) in [4.78, 5) is 41.4. The van der Waals surface area contributed by atoms with E-state index >= 15 is 0 Å². The maximum Gasteiger partial charge on any atom is 0.294 e. The van der Waals surface area contributed by atoms with E-state index in [0.29, 0.717) is 17.8 Å². The Kier molecular flexibility index (Phi) is 7.63. The molecule has 1 atom stereocenters. The van der Waals surface area contributed by atoms with Crippen molar-refractivity contribution in [3.63, 3.8) is 0 Å². The lowest BCUT2D eigenvalue weighted by atomic mass is 10.0. The van der Waals surface area contributed by atoms with Crippen LogP contribution in [0.25, 0.3) is 0 Å². The summed E-state index contributed by atoms with van der Waals surface area (Å²) < 4.78 is 14.8. The van der Waals surface area contributed by atoms with Crippen molar-refractivity contribution in [3.8, 4) is 0 Å². The Morgan fingerprint density at radius 2 is 2.03 bits per heavy atom. The van der Waals surface area contributed by atoms with Crippen LogP contribution in [0.3, 0.4) is 0 Å². The SMILES string of the molecule is C=CCC(CC)CNC(=O)C(=O)c1c(C)c(C(=O)Nc2ccnc(F)c2)c(C)n1C. The second-order valence-corrected chi connectivity index (χ2v) is 7.15. The van der Waals surface area contributed by atoms with Gasteiger partial charge in [-0.15, -0.1) is 6.58 Å². The number of hydrogen-bond acceptors (Lipinski definition) is 4. The van der Waals surface area contributed by atoms with Gasteiger partial charge in [-0.2, -0.15) is 4.39 Å². The van der Waals surface area contributed by atoms with Crippen molar-refractivity contribution < 1.29 is 18.8 Å². The number of carbonyl (C=O) groups excluding carboxylic acids is 3. The van der Waals surface area contributed by atoms with E-state index in [4.69, 9.17) is 0 Å². The van der Waals surface area contributed by atoms with Gasteiger partial charge in [0.15, 0.2) is 0 Å². The highest BCUT2D eigenvalue weighted by molar-refractivity contribution is 6.43. The number of halogens is 1. The third-order valence-electron chi connectivity index (χ3n) is 5.19. The molecule has 0 radical (unpaired) electrons. The van der Waals surface area contributed by atoms with Gasteiger partial charge in [-0.25, -0.2) is 4.98 Å². The molecular formula is C22H27FN4O3. The van der Waals surface area contributed by atoms with Crippen LogP contribution in [-0.4, -0.2) is 33.7 Å². The molecule has 0 spiro atoms. The lowest BCUT2D eigenvalue weighted by molar-refractivity contribution is -0.117. The number of nitrogens with one attached hydrogen (secondary N) is 2. The minimum atomic E-state index is -0.719. The molecule has 8 heteroatoms. The lowest BCUT2D eigenvalue weighted by Gasteiger charge is -2.13. The molecule has 2 aromatic rings. The van der Waals surface area contributed by atoms with E-state index in [1.807, 2.05) is 6.92 Å². The predicted octanol–water partition coefficient (Wildman–Crippen LogP) is 3.33. The van der Waals surface area contributed by atoms with Gasteiger partial charge in [-0.3, -0.25) is 14.4 Å². The largest absolute Gasteiger partial charge is 0.349 e. The Hall–Kier alpha value is -3.29. The molecule has 2 amide bonds. The van der Waals surface area contributed by atoms with E-state index in [9.17, 15) is 18.8 Å². The molecule has 2 heterocycles. The average molecular weight is 414 g/mol. The Labute approximate surface area is 175 Å². The van der Waals surface area contributed by atoms with Gasteiger partial charge in [0, 0.05) is 37.2 Å². The number of Topliss-reactive ketones (excluding diaryl/α,β-unsaturated/α-hetero) is 1. The van der Waals surface area contributed by atoms with E-state index in [0.717, 1.165) is 18.9 Å². The molecule has 0 saturated heterocycles. The summed E-state index contributed by atoms with van der Waals surface area (Å²) in [6.07, 6.45) is 4.62. The van der Waals surface area contributed by atoms with Crippen LogP contribution < -0.4 is 10.6 Å². The number of amides is 2. The van der Waals surface area contributed by atoms with Crippen LogP contribution in [0.1, 0.15) is 51.9 Å². The first kappa shape index (κ1) is 23.0. The van der Waals surface area contributed by atoms with Crippen molar-refractivity contribution in [2.45, 2.75) is 33.6 Å². The second-order valence-electron chi connectivity index (χ2n) is 7.15. The highest BCUT2D eigenvalue weighted by Gasteiger charge is 2.28. The molecular weight excluding hydrogens is 387 g/mol. The number of nitrogens with zero attached hydrogens (tertiary/aromatic N) is 2. The normalized spacial score (nSPS) is 11.6. The lowest BCUT2D eigenvalue weighted by Crippen LogP contribution is -2.35. The van der Waals surface area contributed by atoms with Crippen LogP contribution in [0.2, 0.25) is 0 Å². The smallest absolute Gasteiger partial charge is 0.294 e. The molecule has 0 bridgehead atoms. The number of ketones is 1. The van der Waals surface area contributed by atoms with E-state index in [1.54, 1.807) is 27.0 Å². The standard InChI is InChI=1S/C22H27FN4O3/c1-6-8-15(7-2)12-25-22(30)20(28)19-13(3)18(14(4)27(19)5)21(29)26-16-9-10-24-17(23)11-16/h6,9-11,15H,1,7-8,12H2,2-5H3,(H,25,30)(H,24,26,29). The van der Waals surface area contributed by atoms with Crippen LogP contribution in [0.15, 0.2) is 31.0 Å². The number of allylic oxidation sites excluding steroid dienone is 1. The zero-order chi connectivity index (χ0) is 22.4. The van der Waals surface area contributed by atoms with Gasteiger partial charge in [-0.05, 0) is 37.8 Å². The van der Waals surface area contributed by atoms with E-state index in [2.05, 4.69) is 22.2 Å². The summed E-state index contributed by atoms with van der Waals surface area (Å²) in [6.45, 7) is 9.37. The topological polar surface area (TPSA) is 93.1 Å². The molecule has 0 saturated carbocycles. The first-order valence-corrected chi connectivity index (χ1v) is 9.73. The Balaban J connectivity index is 2.23. The predicted molar refractivity (Wildman–Crippen MR) is 113 cm³/mol. The molecule has 2 N–H and O–H groups in total. The number of aromatic nitrogens is 2. The zero-order valence-electron chi connectivity index (χ0n) is 17.7. The van der Waals surface area contributed by atoms with E-state index in [-0.39, 0.29) is 22.9 Å². The highest BCUT2D eigenvalue weighted by atomic mass is 19.1. The van der Waals surface area contributed by atoms with Crippen LogP contribution in [0, 0.1) is 25.7 Å². The van der Waals surface area contributed by atoms with Crippen LogP contribution in [0.5, 0.6) is 0 Å². The number of rotatable bonds is 9. The fourth-order valence-corrected chi connectivity index (χ4v) is 3.36. The minimum Gasteiger partial charge on any atom is -0.349 e. The van der Waals surface area contributed by atoms with Crippen LogP contribution >= 0.6 is 0 Å². The highest BCUT2D eigenvalue weighted by Crippen LogP contribution is 2.23. The van der Waals surface area contributed by atoms with Crippen molar-refractivity contribution >= 4 is 23.3 Å². The average Bonchev–Trinajstić information content (AvgIpc) is 2.92. The molecule has 30 heavy (non-hydrogen) atoms. The van der Waals surface area contributed by atoms with Gasteiger partial charge >= 0.3 is 0 Å². The molecule has 2 aromatic heterocycles. The van der Waals surface area contributed by atoms with Crippen molar-refractivity contribution in [3.05, 3.63) is 59.4 Å². The fraction of sp³-hybridized carbons (Fsp3) is 0.364. The Morgan fingerprint density at radius 3 is 2.63 bits per heavy atom. The summed E-state index contributed by atoms with van der Waals surface area (Å²) in [7, 11) is 1.62. The van der Waals surface area contributed by atoms with Crippen molar-refractivity contribution in [2.24, 2.45) is 13.0 Å². The molecule has 1 unspecified atom stereocenters. The third kappa shape index (κ3) is 5.00. The molecule has 160 valence electrons. The molecule has 0 fully saturated rings. The summed E-state index contributed by atoms with van der Waals surface area (Å²) >= 11 is 0. The molecule has 0 aliphatic heterocycles. The van der Waals surface area contributed by atoms with Gasteiger partial charge in [0.05, 0.1) is 11.3 Å². The van der Waals surface area contributed by atoms with Crippen LogP contribution in [0.4, 0.5) is 10.1 Å². The van der Waals surface area contributed by atoms with Gasteiger partial charge < -0.3 is 15.2 Å². The number of carbonyl (C=O) groups is 3. The number of pyridine rings is 1. The van der Waals surface area contributed by atoms with Gasteiger partial charge in [0.2, 0.25) is 5.95 Å². The number of anilines is 1. The summed E-state index contributed by atoms with van der Waals surface area (Å²) in [5, 5.41) is 5.27. The van der Waals surface area contributed by atoms with E-state index < -0.39 is 23.5 Å². The number of hydrogen-bond donors (Lipinski definition) is 2. The Morgan fingerprint density at radius 1 is 1.33 bits per heavy atom. The zero-order valence-corrected chi connectivity index (χ0v) is 17.7. The minimum absolute atomic E-state index is 0.146. The van der Waals surface area contributed by atoms with E-state index in [1.165, 1.54) is 16.8 Å². The second kappa shape index (κ2) is 9.96. The van der Waals surface area contributed by atoms with Crippen molar-refractivity contribution in [2.75, 3.05) is 11.9 Å². The summed E-state index contributed by atoms with van der Waals surface area (Å²) in [5.41, 5.74) is 1.57. The Bertz CT molecular complexity index is 981. The van der Waals surface area contributed by atoms with Gasteiger partial charge in [-0.1, -0.05) is 19.4 Å². The van der Waals surface area contributed by atoms with Gasteiger partial charge in [0.25, 0.3) is 17.6 Å². The molecule has 0 aromatic carbocycles. The van der Waals surface area contributed by atoms with Crippen molar-refractivity contribution in [1.29, 1.82) is 0 Å². The summed E-state index contributed by atoms with van der Waals surface area (Å²) in [5.74, 6) is -2.44. The first-order valence-electron chi connectivity index (χ1n) is 9.73. The summed E-state index contributed by atoms with van der Waals surface area (Å²) in [6, 6.07) is 2.56. The quantitative estimate of drug-likeness (QED) is 0.285. The molecule has 0 aliphatic rings.